The fourth-order valence-electron chi connectivity index (χ4n) is 2.57. The summed E-state index contributed by atoms with van der Waals surface area (Å²) in [5, 5.41) is 3.51. The van der Waals surface area contributed by atoms with Crippen molar-refractivity contribution in [1.29, 1.82) is 0 Å². The first-order valence-corrected chi connectivity index (χ1v) is 7.85. The molecule has 0 spiro atoms. The minimum absolute atomic E-state index is 0.168. The molecule has 0 fully saturated rings. The maximum atomic E-state index is 13.0. The summed E-state index contributed by atoms with van der Waals surface area (Å²) in [4.78, 5) is 2.51. The summed E-state index contributed by atoms with van der Waals surface area (Å²) in [6.07, 6.45) is 2.23. The minimum Gasteiger partial charge on any atom is -0.310 e. The molecule has 0 bridgehead atoms. The first-order valence-electron chi connectivity index (χ1n) is 7.85. The van der Waals surface area contributed by atoms with E-state index in [0.717, 1.165) is 26.1 Å². The zero-order valence-electron chi connectivity index (χ0n) is 13.3. The lowest BCUT2D eigenvalue weighted by molar-refractivity contribution is 0.203. The van der Waals surface area contributed by atoms with Crippen molar-refractivity contribution < 1.29 is 4.39 Å². The molecule has 0 aliphatic carbocycles. The summed E-state index contributed by atoms with van der Waals surface area (Å²) in [6, 6.07) is 7.80. The second-order valence-corrected chi connectivity index (χ2v) is 5.34. The average Bonchev–Trinajstić information content (AvgIpc) is 2.47. The van der Waals surface area contributed by atoms with Gasteiger partial charge in [0, 0.05) is 18.6 Å². The van der Waals surface area contributed by atoms with Crippen LogP contribution in [0.2, 0.25) is 0 Å². The van der Waals surface area contributed by atoms with Crippen LogP contribution in [-0.4, -0.2) is 30.6 Å². The van der Waals surface area contributed by atoms with Gasteiger partial charge in [-0.2, -0.15) is 0 Å². The number of halogens is 1. The number of nitrogens with one attached hydrogen (secondary N) is 1. The molecule has 3 heteroatoms. The molecule has 1 aromatic rings. The summed E-state index contributed by atoms with van der Waals surface area (Å²) in [6.45, 7) is 11.9. The van der Waals surface area contributed by atoms with Crippen LogP contribution in [0, 0.1) is 5.82 Å². The van der Waals surface area contributed by atoms with E-state index in [4.69, 9.17) is 0 Å². The highest BCUT2D eigenvalue weighted by Gasteiger charge is 2.15. The molecule has 2 nitrogen and oxygen atoms in total. The van der Waals surface area contributed by atoms with E-state index >= 15 is 0 Å². The average molecular weight is 280 g/mol. The molecule has 2 unspecified atom stereocenters. The molecule has 0 radical (unpaired) electrons. The van der Waals surface area contributed by atoms with Crippen LogP contribution < -0.4 is 5.32 Å². The lowest BCUT2D eigenvalue weighted by Crippen LogP contribution is -2.35. The van der Waals surface area contributed by atoms with Crippen molar-refractivity contribution >= 4 is 0 Å². The van der Waals surface area contributed by atoms with E-state index in [-0.39, 0.29) is 5.82 Å². The summed E-state index contributed by atoms with van der Waals surface area (Å²) in [5.41, 5.74) is 1.17. The first-order chi connectivity index (χ1) is 9.62. The van der Waals surface area contributed by atoms with E-state index in [2.05, 4.69) is 37.9 Å². The Kier molecular flexibility index (Phi) is 7.78. The Morgan fingerprint density at radius 3 is 2.30 bits per heavy atom. The Hall–Kier alpha value is -0.930. The molecule has 20 heavy (non-hydrogen) atoms. The second kappa shape index (κ2) is 9.09. The monoisotopic (exact) mass is 280 g/mol. The lowest BCUT2D eigenvalue weighted by Gasteiger charge is -2.29. The standard InChI is InChI=1S/C17H29FN2/c1-5-14(4)20(7-3)13-12-17(19-6-2)15-8-10-16(18)11-9-15/h8-11,14,17,19H,5-7,12-13H2,1-4H3. The number of nitrogens with zero attached hydrogens (tertiary/aromatic N) is 1. The molecule has 2 atom stereocenters. The van der Waals surface area contributed by atoms with Gasteiger partial charge in [0.1, 0.15) is 5.82 Å². The van der Waals surface area contributed by atoms with Crippen molar-refractivity contribution in [3.05, 3.63) is 35.6 Å². The van der Waals surface area contributed by atoms with Crippen LogP contribution in [0.15, 0.2) is 24.3 Å². The third-order valence-corrected chi connectivity index (χ3v) is 4.05. The number of hydrogen-bond acceptors (Lipinski definition) is 2. The van der Waals surface area contributed by atoms with Crippen molar-refractivity contribution in [1.82, 2.24) is 10.2 Å². The Balaban J connectivity index is 2.65. The van der Waals surface area contributed by atoms with Crippen LogP contribution in [0.1, 0.15) is 52.1 Å². The largest absolute Gasteiger partial charge is 0.310 e. The van der Waals surface area contributed by atoms with Crippen LogP contribution in [0.5, 0.6) is 0 Å². The molecule has 0 aliphatic rings. The molecule has 0 amide bonds. The number of benzene rings is 1. The molecular formula is C17H29FN2. The van der Waals surface area contributed by atoms with E-state index in [9.17, 15) is 4.39 Å². The van der Waals surface area contributed by atoms with Gasteiger partial charge in [-0.05, 0) is 50.6 Å². The van der Waals surface area contributed by atoms with E-state index in [0.29, 0.717) is 12.1 Å². The van der Waals surface area contributed by atoms with Gasteiger partial charge in [-0.15, -0.1) is 0 Å². The highest BCUT2D eigenvalue weighted by atomic mass is 19.1. The third-order valence-electron chi connectivity index (χ3n) is 4.05. The third kappa shape index (κ3) is 5.22. The first kappa shape index (κ1) is 17.1. The van der Waals surface area contributed by atoms with Gasteiger partial charge in [0.05, 0.1) is 0 Å². The van der Waals surface area contributed by atoms with Gasteiger partial charge in [-0.3, -0.25) is 0 Å². The maximum absolute atomic E-state index is 13.0. The van der Waals surface area contributed by atoms with E-state index in [1.54, 1.807) is 12.1 Å². The Bertz CT molecular complexity index is 364. The predicted molar refractivity (Wildman–Crippen MR) is 84.4 cm³/mol. The van der Waals surface area contributed by atoms with Crippen molar-refractivity contribution in [3.63, 3.8) is 0 Å². The molecule has 1 aromatic carbocycles. The normalized spacial score (nSPS) is 14.5. The SMILES string of the molecule is CCNC(CCN(CC)C(C)CC)c1ccc(F)cc1. The lowest BCUT2D eigenvalue weighted by atomic mass is 10.0. The van der Waals surface area contributed by atoms with E-state index in [1.807, 2.05) is 12.1 Å². The number of hydrogen-bond donors (Lipinski definition) is 1. The van der Waals surface area contributed by atoms with Gasteiger partial charge in [0.2, 0.25) is 0 Å². The summed E-state index contributed by atoms with van der Waals surface area (Å²) < 4.78 is 13.0. The van der Waals surface area contributed by atoms with Crippen LogP contribution in [0.4, 0.5) is 4.39 Å². The molecule has 1 N–H and O–H groups in total. The molecule has 0 saturated heterocycles. The Morgan fingerprint density at radius 1 is 1.15 bits per heavy atom. The molecular weight excluding hydrogens is 251 g/mol. The molecule has 1 rings (SSSR count). The Labute approximate surface area is 123 Å². The summed E-state index contributed by atoms with van der Waals surface area (Å²) in [7, 11) is 0. The fourth-order valence-corrected chi connectivity index (χ4v) is 2.57. The summed E-state index contributed by atoms with van der Waals surface area (Å²) in [5.74, 6) is -0.168. The van der Waals surface area contributed by atoms with Gasteiger partial charge < -0.3 is 10.2 Å². The zero-order valence-corrected chi connectivity index (χ0v) is 13.3. The van der Waals surface area contributed by atoms with Crippen LogP contribution in [0.25, 0.3) is 0 Å². The zero-order chi connectivity index (χ0) is 15.0. The molecule has 0 aromatic heterocycles. The van der Waals surface area contributed by atoms with Crippen LogP contribution in [0.3, 0.4) is 0 Å². The second-order valence-electron chi connectivity index (χ2n) is 5.34. The van der Waals surface area contributed by atoms with Crippen LogP contribution in [-0.2, 0) is 0 Å². The Morgan fingerprint density at radius 2 is 1.80 bits per heavy atom. The topological polar surface area (TPSA) is 15.3 Å². The summed E-state index contributed by atoms with van der Waals surface area (Å²) >= 11 is 0. The quantitative estimate of drug-likeness (QED) is 0.736. The maximum Gasteiger partial charge on any atom is 0.123 e. The van der Waals surface area contributed by atoms with Gasteiger partial charge in [-0.1, -0.05) is 32.9 Å². The van der Waals surface area contributed by atoms with Gasteiger partial charge >= 0.3 is 0 Å². The highest BCUT2D eigenvalue weighted by Crippen LogP contribution is 2.18. The van der Waals surface area contributed by atoms with Crippen LogP contribution >= 0.6 is 0 Å². The van der Waals surface area contributed by atoms with E-state index in [1.165, 1.54) is 12.0 Å². The molecule has 0 saturated carbocycles. The van der Waals surface area contributed by atoms with Crippen molar-refractivity contribution in [3.8, 4) is 0 Å². The van der Waals surface area contributed by atoms with Crippen molar-refractivity contribution in [2.75, 3.05) is 19.6 Å². The highest BCUT2D eigenvalue weighted by molar-refractivity contribution is 5.19. The smallest absolute Gasteiger partial charge is 0.123 e. The van der Waals surface area contributed by atoms with Crippen molar-refractivity contribution in [2.45, 2.75) is 52.6 Å². The minimum atomic E-state index is -0.168. The van der Waals surface area contributed by atoms with E-state index < -0.39 is 0 Å². The van der Waals surface area contributed by atoms with Gasteiger partial charge in [0.15, 0.2) is 0 Å². The predicted octanol–water partition coefficient (Wildman–Crippen LogP) is 3.99. The fraction of sp³-hybridized carbons (Fsp3) is 0.647. The van der Waals surface area contributed by atoms with Gasteiger partial charge in [-0.25, -0.2) is 4.39 Å². The molecule has 114 valence electrons. The number of rotatable bonds is 9. The molecule has 0 aliphatic heterocycles. The molecule has 0 heterocycles. The van der Waals surface area contributed by atoms with Crippen molar-refractivity contribution in [2.24, 2.45) is 0 Å². The van der Waals surface area contributed by atoms with Gasteiger partial charge in [0.25, 0.3) is 0 Å².